The van der Waals surface area contributed by atoms with Crippen molar-refractivity contribution in [2.75, 3.05) is 26.1 Å². The number of anilines is 1. The molecule has 0 aliphatic carbocycles. The molecule has 18 heavy (non-hydrogen) atoms. The summed E-state index contributed by atoms with van der Waals surface area (Å²) in [4.78, 5) is 4.36. The highest BCUT2D eigenvalue weighted by Gasteiger charge is 2.36. The molecule has 1 unspecified atom stereocenters. The van der Waals surface area contributed by atoms with Gasteiger partial charge in [0.05, 0.1) is 24.2 Å². The van der Waals surface area contributed by atoms with Gasteiger partial charge in [-0.15, -0.1) is 0 Å². The molecule has 96 valence electrons. The summed E-state index contributed by atoms with van der Waals surface area (Å²) in [5.41, 5.74) is 7.68. The third-order valence-electron chi connectivity index (χ3n) is 3.63. The molecule has 1 fully saturated rings. The first-order valence-corrected chi connectivity index (χ1v) is 6.08. The van der Waals surface area contributed by atoms with E-state index in [1.165, 1.54) is 0 Å². The van der Waals surface area contributed by atoms with Crippen LogP contribution in [0.1, 0.15) is 6.42 Å². The van der Waals surface area contributed by atoms with Gasteiger partial charge in [0.15, 0.2) is 0 Å². The zero-order valence-corrected chi connectivity index (χ0v) is 10.4. The van der Waals surface area contributed by atoms with Crippen LogP contribution in [-0.2, 0) is 16.0 Å². The number of ether oxygens (including phenoxy) is 2. The number of hydrogen-bond acceptors (Lipinski definition) is 4. The molecular formula is C13H17N3O2. The molecular weight excluding hydrogens is 230 g/mol. The van der Waals surface area contributed by atoms with Gasteiger partial charge in [0.2, 0.25) is 5.95 Å². The summed E-state index contributed by atoms with van der Waals surface area (Å²) in [5, 5.41) is 0. The SMILES string of the molecule is COC1(Cn2c(N)nc3ccccc32)CCOC1. The Morgan fingerprint density at radius 3 is 3.06 bits per heavy atom. The molecule has 3 rings (SSSR count). The lowest BCUT2D eigenvalue weighted by Crippen LogP contribution is -2.37. The molecule has 1 saturated heterocycles. The van der Waals surface area contributed by atoms with Gasteiger partial charge < -0.3 is 19.8 Å². The highest BCUT2D eigenvalue weighted by molar-refractivity contribution is 5.78. The number of imidazole rings is 1. The van der Waals surface area contributed by atoms with Crippen LogP contribution in [0.25, 0.3) is 11.0 Å². The number of nitrogen functional groups attached to an aromatic ring is 1. The molecule has 2 N–H and O–H groups in total. The molecule has 0 radical (unpaired) electrons. The monoisotopic (exact) mass is 247 g/mol. The zero-order chi connectivity index (χ0) is 12.6. The van der Waals surface area contributed by atoms with Crippen LogP contribution in [0.4, 0.5) is 5.95 Å². The first kappa shape index (κ1) is 11.5. The van der Waals surface area contributed by atoms with Crippen molar-refractivity contribution < 1.29 is 9.47 Å². The average molecular weight is 247 g/mol. The fraction of sp³-hybridized carbons (Fsp3) is 0.462. The lowest BCUT2D eigenvalue weighted by Gasteiger charge is -2.26. The molecule has 1 aromatic carbocycles. The van der Waals surface area contributed by atoms with E-state index >= 15 is 0 Å². The van der Waals surface area contributed by atoms with Crippen LogP contribution < -0.4 is 5.73 Å². The van der Waals surface area contributed by atoms with Crippen molar-refractivity contribution in [2.45, 2.75) is 18.6 Å². The van der Waals surface area contributed by atoms with E-state index in [2.05, 4.69) is 4.98 Å². The fourth-order valence-corrected chi connectivity index (χ4v) is 2.49. The normalized spacial score (nSPS) is 23.8. The van der Waals surface area contributed by atoms with Crippen molar-refractivity contribution in [3.05, 3.63) is 24.3 Å². The molecule has 5 heteroatoms. The Kier molecular flexibility index (Phi) is 2.72. The lowest BCUT2D eigenvalue weighted by atomic mass is 10.0. The third-order valence-corrected chi connectivity index (χ3v) is 3.63. The number of hydrogen-bond donors (Lipinski definition) is 1. The molecule has 1 aliphatic heterocycles. The van der Waals surface area contributed by atoms with E-state index in [1.54, 1.807) is 7.11 Å². The second-order valence-electron chi connectivity index (χ2n) is 4.73. The van der Waals surface area contributed by atoms with E-state index in [4.69, 9.17) is 15.2 Å². The Labute approximate surface area is 106 Å². The minimum Gasteiger partial charge on any atom is -0.378 e. The molecule has 0 spiro atoms. The quantitative estimate of drug-likeness (QED) is 0.891. The Bertz CT molecular complexity index is 558. The minimum atomic E-state index is -0.280. The van der Waals surface area contributed by atoms with Gasteiger partial charge in [-0.2, -0.15) is 0 Å². The van der Waals surface area contributed by atoms with Gasteiger partial charge in [0.25, 0.3) is 0 Å². The van der Waals surface area contributed by atoms with Gasteiger partial charge in [0, 0.05) is 20.1 Å². The topological polar surface area (TPSA) is 62.3 Å². The summed E-state index contributed by atoms with van der Waals surface area (Å²) in [6, 6.07) is 7.94. The van der Waals surface area contributed by atoms with Gasteiger partial charge in [-0.3, -0.25) is 0 Å². The summed E-state index contributed by atoms with van der Waals surface area (Å²) < 4.78 is 13.1. The maximum atomic E-state index is 6.00. The van der Waals surface area contributed by atoms with Gasteiger partial charge in [-0.25, -0.2) is 4.98 Å². The van der Waals surface area contributed by atoms with E-state index in [-0.39, 0.29) is 5.60 Å². The van der Waals surface area contributed by atoms with Crippen molar-refractivity contribution in [2.24, 2.45) is 0 Å². The molecule has 1 aliphatic rings. The van der Waals surface area contributed by atoms with Crippen LogP contribution in [0.2, 0.25) is 0 Å². The molecule has 0 saturated carbocycles. The number of fused-ring (bicyclic) bond motifs is 1. The zero-order valence-electron chi connectivity index (χ0n) is 10.4. The van der Waals surface area contributed by atoms with E-state index in [9.17, 15) is 0 Å². The number of rotatable bonds is 3. The summed E-state index contributed by atoms with van der Waals surface area (Å²) in [7, 11) is 1.73. The molecule has 2 aromatic rings. The standard InChI is InChI=1S/C13H17N3O2/c1-17-13(6-7-18-9-13)8-16-11-5-3-2-4-10(11)15-12(16)14/h2-5H,6-9H2,1H3,(H2,14,15). The third kappa shape index (κ3) is 1.76. The van der Waals surface area contributed by atoms with Gasteiger partial charge in [-0.1, -0.05) is 12.1 Å². The molecule has 2 heterocycles. The number of aromatic nitrogens is 2. The second-order valence-corrected chi connectivity index (χ2v) is 4.73. The van der Waals surface area contributed by atoms with Crippen LogP contribution in [0.3, 0.4) is 0 Å². The number of nitrogens with zero attached hydrogens (tertiary/aromatic N) is 2. The predicted molar refractivity (Wildman–Crippen MR) is 69.3 cm³/mol. The Balaban J connectivity index is 2.01. The number of methoxy groups -OCH3 is 1. The van der Waals surface area contributed by atoms with Crippen molar-refractivity contribution in [3.63, 3.8) is 0 Å². The Hall–Kier alpha value is -1.59. The summed E-state index contributed by atoms with van der Waals surface area (Å²) in [6.07, 6.45) is 0.884. The largest absolute Gasteiger partial charge is 0.378 e. The molecule has 0 bridgehead atoms. The van der Waals surface area contributed by atoms with Crippen molar-refractivity contribution in [1.29, 1.82) is 0 Å². The average Bonchev–Trinajstić information content (AvgIpc) is 2.97. The first-order valence-electron chi connectivity index (χ1n) is 6.08. The van der Waals surface area contributed by atoms with Crippen LogP contribution >= 0.6 is 0 Å². The molecule has 1 atom stereocenters. The van der Waals surface area contributed by atoms with Gasteiger partial charge in [-0.05, 0) is 12.1 Å². The number of nitrogens with two attached hydrogens (primary N) is 1. The number of para-hydroxylation sites is 2. The molecule has 5 nitrogen and oxygen atoms in total. The molecule has 1 aromatic heterocycles. The van der Waals surface area contributed by atoms with Crippen LogP contribution in [-0.4, -0.2) is 35.5 Å². The highest BCUT2D eigenvalue weighted by atomic mass is 16.5. The smallest absolute Gasteiger partial charge is 0.201 e. The maximum Gasteiger partial charge on any atom is 0.201 e. The Morgan fingerprint density at radius 1 is 1.50 bits per heavy atom. The summed E-state index contributed by atoms with van der Waals surface area (Å²) >= 11 is 0. The predicted octanol–water partition coefficient (Wildman–Crippen LogP) is 1.42. The lowest BCUT2D eigenvalue weighted by molar-refractivity contribution is -0.0283. The maximum absolute atomic E-state index is 6.00. The van der Waals surface area contributed by atoms with Crippen LogP contribution in [0.15, 0.2) is 24.3 Å². The Morgan fingerprint density at radius 2 is 2.33 bits per heavy atom. The second kappa shape index (κ2) is 4.26. The first-order chi connectivity index (χ1) is 8.74. The van der Waals surface area contributed by atoms with E-state index in [0.717, 1.165) is 24.1 Å². The van der Waals surface area contributed by atoms with Crippen molar-refractivity contribution in [3.8, 4) is 0 Å². The van der Waals surface area contributed by atoms with E-state index < -0.39 is 0 Å². The fourth-order valence-electron chi connectivity index (χ4n) is 2.49. The van der Waals surface area contributed by atoms with Crippen LogP contribution in [0.5, 0.6) is 0 Å². The van der Waals surface area contributed by atoms with E-state index in [1.807, 2.05) is 28.8 Å². The van der Waals surface area contributed by atoms with E-state index in [0.29, 0.717) is 19.1 Å². The van der Waals surface area contributed by atoms with Crippen molar-refractivity contribution in [1.82, 2.24) is 9.55 Å². The van der Waals surface area contributed by atoms with Crippen molar-refractivity contribution >= 4 is 17.0 Å². The summed E-state index contributed by atoms with van der Waals surface area (Å²) in [6.45, 7) is 2.02. The van der Waals surface area contributed by atoms with Crippen LogP contribution in [0, 0.1) is 0 Å². The highest BCUT2D eigenvalue weighted by Crippen LogP contribution is 2.28. The van der Waals surface area contributed by atoms with Gasteiger partial charge >= 0.3 is 0 Å². The minimum absolute atomic E-state index is 0.280. The summed E-state index contributed by atoms with van der Waals surface area (Å²) in [5.74, 6) is 0.527. The molecule has 0 amide bonds. The van der Waals surface area contributed by atoms with Gasteiger partial charge in [0.1, 0.15) is 5.60 Å². The number of benzene rings is 1.